The lowest BCUT2D eigenvalue weighted by molar-refractivity contribution is 0.311. The maximum absolute atomic E-state index is 4.18. The molecule has 1 heterocycles. The number of hydrogen-bond donors (Lipinski definition) is 0. The topological polar surface area (TPSA) is 3.24 Å². The molecule has 0 fully saturated rings. The highest BCUT2D eigenvalue weighted by Crippen LogP contribution is 2.23. The number of aryl methyl sites for hydroxylation is 1. The van der Waals surface area contributed by atoms with E-state index in [1.54, 1.807) is 0 Å². The van der Waals surface area contributed by atoms with Gasteiger partial charge in [-0.05, 0) is 30.9 Å². The lowest BCUT2D eigenvalue weighted by Gasteiger charge is -2.32. The third kappa shape index (κ3) is 2.29. The zero-order valence-corrected chi connectivity index (χ0v) is 10.4. The van der Waals surface area contributed by atoms with Crippen LogP contribution in [0.3, 0.4) is 0 Å². The highest BCUT2D eigenvalue weighted by molar-refractivity contribution is 5.33. The van der Waals surface area contributed by atoms with Gasteiger partial charge in [0.2, 0.25) is 0 Å². The van der Waals surface area contributed by atoms with Crippen LogP contribution in [0, 0.1) is 6.92 Å². The molecule has 1 aliphatic heterocycles. The van der Waals surface area contributed by atoms with Gasteiger partial charge in [-0.3, -0.25) is 0 Å². The largest absolute Gasteiger partial charge is 0.371 e. The zero-order valence-electron chi connectivity index (χ0n) is 10.4. The molecule has 0 aliphatic carbocycles. The molecule has 1 aromatic rings. The summed E-state index contributed by atoms with van der Waals surface area (Å²) >= 11 is 0. The number of rotatable bonds is 3. The Balaban J connectivity index is 2.12. The van der Waals surface area contributed by atoms with E-state index in [1.165, 1.54) is 35.2 Å². The average Bonchev–Trinajstić information content (AvgIpc) is 2.28. The van der Waals surface area contributed by atoms with Crippen molar-refractivity contribution in [1.82, 2.24) is 4.90 Å². The minimum absolute atomic E-state index is 1.05. The fraction of sp³-hybridized carbons (Fsp3) is 0.467. The van der Waals surface area contributed by atoms with Crippen molar-refractivity contribution in [2.45, 2.75) is 39.7 Å². The van der Waals surface area contributed by atoms with Gasteiger partial charge in [-0.15, -0.1) is 0 Å². The van der Waals surface area contributed by atoms with Crippen LogP contribution in [-0.4, -0.2) is 11.4 Å². The van der Waals surface area contributed by atoms with Crippen molar-refractivity contribution < 1.29 is 0 Å². The summed E-state index contributed by atoms with van der Waals surface area (Å²) in [6, 6.07) is 6.82. The molecule has 2 rings (SSSR count). The summed E-state index contributed by atoms with van der Waals surface area (Å²) in [6.45, 7) is 10.8. The Kier molecular flexibility index (Phi) is 3.33. The Labute approximate surface area is 98.8 Å². The first-order chi connectivity index (χ1) is 7.70. The fourth-order valence-corrected chi connectivity index (χ4v) is 2.40. The van der Waals surface area contributed by atoms with E-state index in [0.29, 0.717) is 0 Å². The van der Waals surface area contributed by atoms with E-state index in [9.17, 15) is 0 Å². The zero-order chi connectivity index (χ0) is 11.5. The molecule has 0 radical (unpaired) electrons. The molecule has 1 aromatic carbocycles. The second kappa shape index (κ2) is 4.73. The van der Waals surface area contributed by atoms with Crippen molar-refractivity contribution in [3.63, 3.8) is 0 Å². The first kappa shape index (κ1) is 11.3. The summed E-state index contributed by atoms with van der Waals surface area (Å²) in [5.41, 5.74) is 5.68. The van der Waals surface area contributed by atoms with Crippen molar-refractivity contribution in [3.8, 4) is 0 Å². The summed E-state index contributed by atoms with van der Waals surface area (Å²) < 4.78 is 0. The highest BCUT2D eigenvalue weighted by atomic mass is 15.1. The Morgan fingerprint density at radius 2 is 2.19 bits per heavy atom. The van der Waals surface area contributed by atoms with Gasteiger partial charge in [0.1, 0.15) is 0 Å². The monoisotopic (exact) mass is 215 g/mol. The van der Waals surface area contributed by atoms with Gasteiger partial charge in [0.05, 0.1) is 0 Å². The quantitative estimate of drug-likeness (QED) is 0.743. The molecule has 1 aliphatic rings. The SMILES string of the molecule is C=C(CCC)N1CCc2cc(C)ccc2C1. The third-order valence-corrected chi connectivity index (χ3v) is 3.36. The van der Waals surface area contributed by atoms with Gasteiger partial charge in [-0.2, -0.15) is 0 Å². The van der Waals surface area contributed by atoms with Gasteiger partial charge in [-0.1, -0.05) is 43.7 Å². The molecular weight excluding hydrogens is 194 g/mol. The summed E-state index contributed by atoms with van der Waals surface area (Å²) in [4.78, 5) is 2.43. The fourth-order valence-electron chi connectivity index (χ4n) is 2.40. The molecule has 16 heavy (non-hydrogen) atoms. The Bertz CT molecular complexity index is 392. The van der Waals surface area contributed by atoms with Crippen LogP contribution in [0.25, 0.3) is 0 Å². The molecule has 1 nitrogen and oxygen atoms in total. The van der Waals surface area contributed by atoms with Crippen molar-refractivity contribution >= 4 is 0 Å². The van der Waals surface area contributed by atoms with Gasteiger partial charge < -0.3 is 4.90 Å². The van der Waals surface area contributed by atoms with Gasteiger partial charge in [0.15, 0.2) is 0 Å². The standard InChI is InChI=1S/C15H21N/c1-4-5-13(3)16-9-8-14-10-12(2)6-7-15(14)11-16/h6-7,10H,3-5,8-9,11H2,1-2H3. The molecule has 0 bridgehead atoms. The molecule has 0 aromatic heterocycles. The maximum atomic E-state index is 4.18. The minimum atomic E-state index is 1.05. The van der Waals surface area contributed by atoms with Crippen LogP contribution in [0.5, 0.6) is 0 Å². The smallest absolute Gasteiger partial charge is 0.0429 e. The Morgan fingerprint density at radius 3 is 2.94 bits per heavy atom. The number of benzene rings is 1. The second-order valence-electron chi connectivity index (χ2n) is 4.76. The van der Waals surface area contributed by atoms with Gasteiger partial charge >= 0.3 is 0 Å². The third-order valence-electron chi connectivity index (χ3n) is 3.36. The van der Waals surface area contributed by atoms with E-state index >= 15 is 0 Å². The van der Waals surface area contributed by atoms with E-state index in [2.05, 4.69) is 43.5 Å². The van der Waals surface area contributed by atoms with Crippen molar-refractivity contribution in [2.24, 2.45) is 0 Å². The summed E-state index contributed by atoms with van der Waals surface area (Å²) in [6.07, 6.45) is 3.48. The minimum Gasteiger partial charge on any atom is -0.371 e. The predicted molar refractivity (Wildman–Crippen MR) is 69.3 cm³/mol. The molecule has 0 saturated heterocycles. The molecule has 86 valence electrons. The van der Waals surface area contributed by atoms with Crippen LogP contribution >= 0.6 is 0 Å². The Hall–Kier alpha value is -1.24. The molecule has 0 N–H and O–H groups in total. The molecule has 0 unspecified atom stereocenters. The van der Waals surface area contributed by atoms with Crippen LogP contribution in [0.2, 0.25) is 0 Å². The van der Waals surface area contributed by atoms with Crippen LogP contribution in [0.1, 0.15) is 36.5 Å². The first-order valence-electron chi connectivity index (χ1n) is 6.22. The molecular formula is C15H21N. The number of fused-ring (bicyclic) bond motifs is 1. The highest BCUT2D eigenvalue weighted by Gasteiger charge is 2.16. The molecule has 0 amide bonds. The second-order valence-corrected chi connectivity index (χ2v) is 4.76. The lowest BCUT2D eigenvalue weighted by Crippen LogP contribution is -2.29. The summed E-state index contributed by atoms with van der Waals surface area (Å²) in [5, 5.41) is 0. The van der Waals surface area contributed by atoms with Crippen molar-refractivity contribution in [1.29, 1.82) is 0 Å². The van der Waals surface area contributed by atoms with Gasteiger partial charge in [-0.25, -0.2) is 0 Å². The Morgan fingerprint density at radius 1 is 1.38 bits per heavy atom. The van der Waals surface area contributed by atoms with E-state index in [0.717, 1.165) is 19.5 Å². The predicted octanol–water partition coefficient (Wildman–Crippen LogP) is 3.67. The normalized spacial score (nSPS) is 14.8. The van der Waals surface area contributed by atoms with Crippen LogP contribution in [0.15, 0.2) is 30.5 Å². The maximum Gasteiger partial charge on any atom is 0.0429 e. The van der Waals surface area contributed by atoms with Crippen LogP contribution < -0.4 is 0 Å². The summed E-state index contributed by atoms with van der Waals surface area (Å²) in [5.74, 6) is 0. The van der Waals surface area contributed by atoms with Gasteiger partial charge in [0, 0.05) is 18.8 Å². The number of hydrogen-bond acceptors (Lipinski definition) is 1. The molecule has 0 atom stereocenters. The molecule has 0 spiro atoms. The summed E-state index contributed by atoms with van der Waals surface area (Å²) in [7, 11) is 0. The first-order valence-corrected chi connectivity index (χ1v) is 6.22. The van der Waals surface area contributed by atoms with Crippen LogP contribution in [0.4, 0.5) is 0 Å². The van der Waals surface area contributed by atoms with Crippen molar-refractivity contribution in [3.05, 3.63) is 47.2 Å². The van der Waals surface area contributed by atoms with E-state index in [4.69, 9.17) is 0 Å². The lowest BCUT2D eigenvalue weighted by atomic mass is 9.97. The van der Waals surface area contributed by atoms with E-state index in [1.807, 2.05) is 0 Å². The van der Waals surface area contributed by atoms with Crippen molar-refractivity contribution in [2.75, 3.05) is 6.54 Å². The number of nitrogens with zero attached hydrogens (tertiary/aromatic N) is 1. The molecule has 1 heteroatoms. The number of allylic oxidation sites excluding steroid dienone is 1. The van der Waals surface area contributed by atoms with Crippen LogP contribution in [-0.2, 0) is 13.0 Å². The van der Waals surface area contributed by atoms with E-state index < -0.39 is 0 Å². The average molecular weight is 215 g/mol. The van der Waals surface area contributed by atoms with Gasteiger partial charge in [0.25, 0.3) is 0 Å². The van der Waals surface area contributed by atoms with E-state index in [-0.39, 0.29) is 0 Å². The molecule has 0 saturated carbocycles.